The van der Waals surface area contributed by atoms with Crippen LogP contribution in [0.15, 0.2) is 28.7 Å². The minimum atomic E-state index is 0.430. The van der Waals surface area contributed by atoms with E-state index < -0.39 is 0 Å². The van der Waals surface area contributed by atoms with Gasteiger partial charge in [0.05, 0.1) is 10.7 Å². The first-order valence-corrected chi connectivity index (χ1v) is 8.04. The van der Waals surface area contributed by atoms with Crippen LogP contribution in [0.25, 0.3) is 0 Å². The fourth-order valence-electron chi connectivity index (χ4n) is 2.06. The van der Waals surface area contributed by atoms with E-state index in [1.807, 2.05) is 18.4 Å². The first kappa shape index (κ1) is 14.7. The zero-order chi connectivity index (χ0) is 13.8. The maximum atomic E-state index is 4.63. The van der Waals surface area contributed by atoms with Gasteiger partial charge >= 0.3 is 0 Å². The Balaban J connectivity index is 2.04. The van der Waals surface area contributed by atoms with Crippen LogP contribution in [0.3, 0.4) is 0 Å². The zero-order valence-electron chi connectivity index (χ0n) is 11.5. The molecule has 2 rings (SSSR count). The Kier molecular flexibility index (Phi) is 5.13. The number of hydrogen-bond donors (Lipinski definition) is 1. The van der Waals surface area contributed by atoms with Crippen molar-refractivity contribution >= 4 is 27.3 Å². The summed E-state index contributed by atoms with van der Waals surface area (Å²) >= 11 is 5.33. The van der Waals surface area contributed by atoms with Crippen LogP contribution < -0.4 is 5.32 Å². The van der Waals surface area contributed by atoms with Crippen molar-refractivity contribution in [3.63, 3.8) is 0 Å². The van der Waals surface area contributed by atoms with E-state index in [0.717, 1.165) is 23.0 Å². The number of aromatic nitrogens is 1. The molecular formula is C15H19BrN2S. The summed E-state index contributed by atoms with van der Waals surface area (Å²) < 4.78 is 1.14. The van der Waals surface area contributed by atoms with E-state index in [1.54, 1.807) is 0 Å². The molecule has 0 spiro atoms. The Morgan fingerprint density at radius 3 is 2.68 bits per heavy atom. The van der Waals surface area contributed by atoms with Gasteiger partial charge in [-0.25, -0.2) is 4.98 Å². The first-order chi connectivity index (χ1) is 9.08. The van der Waals surface area contributed by atoms with E-state index in [1.165, 1.54) is 15.4 Å². The lowest BCUT2D eigenvalue weighted by atomic mass is 10.0. The number of benzene rings is 1. The Labute approximate surface area is 127 Å². The van der Waals surface area contributed by atoms with Crippen LogP contribution in [0.1, 0.15) is 21.1 Å². The third-order valence-electron chi connectivity index (χ3n) is 3.27. The third-order valence-corrected chi connectivity index (χ3v) is 4.86. The molecule has 2 aromatic rings. The van der Waals surface area contributed by atoms with Gasteiger partial charge in [0.15, 0.2) is 0 Å². The van der Waals surface area contributed by atoms with Crippen LogP contribution in [-0.4, -0.2) is 18.1 Å². The number of hydrogen-bond acceptors (Lipinski definition) is 3. The van der Waals surface area contributed by atoms with Gasteiger partial charge in [-0.3, -0.25) is 0 Å². The number of rotatable bonds is 5. The molecule has 1 aromatic heterocycles. The van der Waals surface area contributed by atoms with Gasteiger partial charge in [-0.15, -0.1) is 11.3 Å². The molecular weight excluding hydrogens is 320 g/mol. The van der Waals surface area contributed by atoms with E-state index in [4.69, 9.17) is 0 Å². The summed E-state index contributed by atoms with van der Waals surface area (Å²) in [5.74, 6) is 0. The number of nitrogens with one attached hydrogen (secondary N) is 1. The molecule has 1 aromatic carbocycles. The van der Waals surface area contributed by atoms with Crippen molar-refractivity contribution in [1.29, 1.82) is 0 Å². The molecule has 0 saturated heterocycles. The van der Waals surface area contributed by atoms with Crippen molar-refractivity contribution in [3.05, 3.63) is 49.9 Å². The quantitative estimate of drug-likeness (QED) is 0.894. The summed E-state index contributed by atoms with van der Waals surface area (Å²) in [6.45, 7) is 4.22. The van der Waals surface area contributed by atoms with Gasteiger partial charge in [0.2, 0.25) is 0 Å². The smallest absolute Gasteiger partial charge is 0.0946 e. The summed E-state index contributed by atoms with van der Waals surface area (Å²) in [6, 6.07) is 8.94. The largest absolute Gasteiger partial charge is 0.316 e. The Morgan fingerprint density at radius 2 is 2.11 bits per heavy atom. The molecule has 1 unspecified atom stereocenters. The summed E-state index contributed by atoms with van der Waals surface area (Å²) in [7, 11) is 2.02. The van der Waals surface area contributed by atoms with Gasteiger partial charge in [-0.1, -0.05) is 28.1 Å². The molecule has 0 bridgehead atoms. The minimum Gasteiger partial charge on any atom is -0.316 e. The summed E-state index contributed by atoms with van der Waals surface area (Å²) in [5, 5.41) is 4.62. The zero-order valence-corrected chi connectivity index (χ0v) is 13.9. The average Bonchev–Trinajstić information content (AvgIpc) is 2.67. The molecule has 4 heteroatoms. The predicted octanol–water partition coefficient (Wildman–Crippen LogP) is 3.90. The second kappa shape index (κ2) is 6.64. The van der Waals surface area contributed by atoms with Crippen LogP contribution in [0.2, 0.25) is 0 Å². The highest BCUT2D eigenvalue weighted by Gasteiger charge is 2.12. The molecule has 0 aliphatic carbocycles. The van der Waals surface area contributed by atoms with E-state index >= 15 is 0 Å². The molecule has 1 heterocycles. The lowest BCUT2D eigenvalue weighted by molar-refractivity contribution is 0.555. The standard InChI is InChI=1S/C15H19BrN2S/c1-10-11(2)19-15(18-10)9-14(17-3)8-12-5-4-6-13(16)7-12/h4-7,14,17H,8-9H2,1-3H3. The molecule has 1 N–H and O–H groups in total. The normalized spacial score (nSPS) is 12.6. The average molecular weight is 339 g/mol. The van der Waals surface area contributed by atoms with E-state index in [-0.39, 0.29) is 0 Å². The van der Waals surface area contributed by atoms with E-state index in [0.29, 0.717) is 6.04 Å². The Morgan fingerprint density at radius 1 is 1.32 bits per heavy atom. The van der Waals surface area contributed by atoms with Crippen molar-refractivity contribution in [2.45, 2.75) is 32.7 Å². The highest BCUT2D eigenvalue weighted by atomic mass is 79.9. The van der Waals surface area contributed by atoms with Crippen LogP contribution in [0, 0.1) is 13.8 Å². The number of nitrogens with zero attached hydrogens (tertiary/aromatic N) is 1. The molecule has 0 saturated carbocycles. The lowest BCUT2D eigenvalue weighted by Gasteiger charge is -2.15. The van der Waals surface area contributed by atoms with Gasteiger partial charge in [0.1, 0.15) is 0 Å². The maximum absolute atomic E-state index is 4.63. The molecule has 0 fully saturated rings. The fourth-order valence-corrected chi connectivity index (χ4v) is 3.52. The fraction of sp³-hybridized carbons (Fsp3) is 0.400. The van der Waals surface area contributed by atoms with Crippen molar-refractivity contribution in [2.75, 3.05) is 7.05 Å². The van der Waals surface area contributed by atoms with Crippen LogP contribution in [-0.2, 0) is 12.8 Å². The van der Waals surface area contributed by atoms with Crippen LogP contribution in [0.5, 0.6) is 0 Å². The van der Waals surface area contributed by atoms with Crippen molar-refractivity contribution in [3.8, 4) is 0 Å². The highest BCUT2D eigenvalue weighted by Crippen LogP contribution is 2.19. The molecule has 0 aliphatic heterocycles. The summed E-state index contributed by atoms with van der Waals surface area (Å²) in [6.07, 6.45) is 2.01. The molecule has 102 valence electrons. The van der Waals surface area contributed by atoms with Gasteiger partial charge in [-0.05, 0) is 45.0 Å². The number of likely N-dealkylation sites (N-methyl/N-ethyl adjacent to an activating group) is 1. The van der Waals surface area contributed by atoms with Gasteiger partial charge in [-0.2, -0.15) is 0 Å². The van der Waals surface area contributed by atoms with E-state index in [2.05, 4.69) is 64.3 Å². The van der Waals surface area contributed by atoms with Gasteiger partial charge < -0.3 is 5.32 Å². The van der Waals surface area contributed by atoms with Crippen molar-refractivity contribution < 1.29 is 0 Å². The third kappa shape index (κ3) is 4.13. The summed E-state index contributed by atoms with van der Waals surface area (Å²) in [4.78, 5) is 5.95. The maximum Gasteiger partial charge on any atom is 0.0946 e. The van der Waals surface area contributed by atoms with E-state index in [9.17, 15) is 0 Å². The summed E-state index contributed by atoms with van der Waals surface area (Å²) in [5.41, 5.74) is 2.51. The van der Waals surface area contributed by atoms with Crippen molar-refractivity contribution in [2.24, 2.45) is 0 Å². The Hall–Kier alpha value is -0.710. The van der Waals surface area contributed by atoms with Crippen LogP contribution >= 0.6 is 27.3 Å². The minimum absolute atomic E-state index is 0.430. The number of halogens is 1. The predicted molar refractivity (Wildman–Crippen MR) is 86.0 cm³/mol. The number of thiazole rings is 1. The van der Waals surface area contributed by atoms with Crippen LogP contribution in [0.4, 0.5) is 0 Å². The molecule has 19 heavy (non-hydrogen) atoms. The van der Waals surface area contributed by atoms with Crippen molar-refractivity contribution in [1.82, 2.24) is 10.3 Å². The monoisotopic (exact) mass is 338 g/mol. The van der Waals surface area contributed by atoms with Gasteiger partial charge in [0.25, 0.3) is 0 Å². The van der Waals surface area contributed by atoms with Gasteiger partial charge in [0, 0.05) is 21.8 Å². The second-order valence-corrected chi connectivity index (χ2v) is 6.98. The first-order valence-electron chi connectivity index (χ1n) is 6.43. The Bertz CT molecular complexity index is 531. The topological polar surface area (TPSA) is 24.9 Å². The lowest BCUT2D eigenvalue weighted by Crippen LogP contribution is -2.29. The highest BCUT2D eigenvalue weighted by molar-refractivity contribution is 9.10. The molecule has 1 atom stereocenters. The molecule has 2 nitrogen and oxygen atoms in total. The SMILES string of the molecule is CNC(Cc1cccc(Br)c1)Cc1nc(C)c(C)s1. The second-order valence-electron chi connectivity index (χ2n) is 4.77. The molecule has 0 amide bonds. The molecule has 0 aliphatic rings. The molecule has 0 radical (unpaired) electrons. The number of aryl methyl sites for hydroxylation is 2.